The predicted octanol–water partition coefficient (Wildman–Crippen LogP) is 8.65. The Hall–Kier alpha value is -1.57. The monoisotopic (exact) mass is 439 g/mol. The van der Waals surface area contributed by atoms with Crippen LogP contribution in [0.2, 0.25) is 0 Å². The zero-order chi connectivity index (χ0) is 22.7. The van der Waals surface area contributed by atoms with Crippen LogP contribution in [0.25, 0.3) is 0 Å². The molecular formula is C30H51N2+. The molecule has 2 rings (SSSR count). The number of hydrogen-bond donors (Lipinski definition) is 0. The van der Waals surface area contributed by atoms with Crippen molar-refractivity contribution in [1.82, 2.24) is 4.57 Å². The van der Waals surface area contributed by atoms with Gasteiger partial charge in [-0.25, -0.2) is 9.13 Å². The first-order chi connectivity index (χ1) is 15.8. The van der Waals surface area contributed by atoms with E-state index in [4.69, 9.17) is 0 Å². The number of nitrogens with zero attached hydrogens (tertiary/aromatic N) is 2. The van der Waals surface area contributed by atoms with E-state index in [-0.39, 0.29) is 0 Å². The summed E-state index contributed by atoms with van der Waals surface area (Å²) in [5.41, 5.74) is 1.40. The zero-order valence-electron chi connectivity index (χ0n) is 21.4. The third-order valence-electron chi connectivity index (χ3n) is 6.79. The van der Waals surface area contributed by atoms with Gasteiger partial charge >= 0.3 is 0 Å². The van der Waals surface area contributed by atoms with Crippen molar-refractivity contribution in [2.24, 2.45) is 0 Å². The molecule has 2 heteroatoms. The maximum Gasteiger partial charge on any atom is 0.256 e. The van der Waals surface area contributed by atoms with Crippen LogP contribution in [0.3, 0.4) is 0 Å². The molecule has 0 amide bonds. The molecule has 32 heavy (non-hydrogen) atoms. The summed E-state index contributed by atoms with van der Waals surface area (Å²) in [4.78, 5) is 0. The summed E-state index contributed by atoms with van der Waals surface area (Å²) in [5, 5.41) is 0. The minimum atomic E-state index is 0.996. The first kappa shape index (κ1) is 26.7. The van der Waals surface area contributed by atoms with Gasteiger partial charge in [-0.3, -0.25) is 0 Å². The van der Waals surface area contributed by atoms with E-state index in [0.29, 0.717) is 0 Å². The second-order valence-corrected chi connectivity index (χ2v) is 9.72. The molecule has 2 nitrogen and oxygen atoms in total. The van der Waals surface area contributed by atoms with Crippen molar-refractivity contribution >= 4 is 0 Å². The van der Waals surface area contributed by atoms with E-state index >= 15 is 0 Å². The number of imidazole rings is 1. The Morgan fingerprint density at radius 3 is 1.75 bits per heavy atom. The first-order valence-corrected chi connectivity index (χ1v) is 14.0. The fourth-order valence-corrected chi connectivity index (χ4v) is 4.75. The van der Waals surface area contributed by atoms with Crippen LogP contribution in [0.1, 0.15) is 128 Å². The van der Waals surface area contributed by atoms with Crippen molar-refractivity contribution in [3.05, 3.63) is 54.1 Å². The molecule has 0 aliphatic heterocycles. The van der Waals surface area contributed by atoms with Crippen molar-refractivity contribution in [3.8, 4) is 0 Å². The highest BCUT2D eigenvalue weighted by atomic mass is 15.1. The van der Waals surface area contributed by atoms with Gasteiger partial charge in [0.15, 0.2) is 0 Å². The highest BCUT2D eigenvalue weighted by Crippen LogP contribution is 2.13. The summed E-state index contributed by atoms with van der Waals surface area (Å²) in [6.45, 7) is 6.78. The number of aryl methyl sites for hydroxylation is 1. The molecule has 0 aliphatic rings. The van der Waals surface area contributed by atoms with Gasteiger partial charge in [0.25, 0.3) is 5.82 Å². The van der Waals surface area contributed by atoms with Crippen LogP contribution >= 0.6 is 0 Å². The summed E-state index contributed by atoms with van der Waals surface area (Å²) < 4.78 is 5.05. The van der Waals surface area contributed by atoms with E-state index in [2.05, 4.69) is 65.7 Å². The molecule has 0 radical (unpaired) electrons. The van der Waals surface area contributed by atoms with Gasteiger partial charge in [-0.05, 0) is 24.8 Å². The van der Waals surface area contributed by atoms with Crippen molar-refractivity contribution < 1.29 is 4.57 Å². The van der Waals surface area contributed by atoms with Crippen LogP contribution < -0.4 is 4.57 Å². The lowest BCUT2D eigenvalue weighted by atomic mass is 10.1. The predicted molar refractivity (Wildman–Crippen MR) is 139 cm³/mol. The lowest BCUT2D eigenvalue weighted by Gasteiger charge is -2.07. The molecule has 1 heterocycles. The number of rotatable bonds is 20. The summed E-state index contributed by atoms with van der Waals surface area (Å²) in [7, 11) is 0. The largest absolute Gasteiger partial charge is 0.256 e. The number of aromatic nitrogens is 2. The van der Waals surface area contributed by atoms with Gasteiger partial charge in [0, 0.05) is 6.42 Å². The lowest BCUT2D eigenvalue weighted by molar-refractivity contribution is -0.704. The molecule has 0 atom stereocenters. The van der Waals surface area contributed by atoms with E-state index in [1.165, 1.54) is 127 Å². The van der Waals surface area contributed by atoms with Crippen LogP contribution in [-0.4, -0.2) is 4.57 Å². The van der Waals surface area contributed by atoms with Crippen molar-refractivity contribution in [2.75, 3.05) is 0 Å². The molecule has 0 spiro atoms. The second-order valence-electron chi connectivity index (χ2n) is 9.72. The topological polar surface area (TPSA) is 8.81 Å². The van der Waals surface area contributed by atoms with Gasteiger partial charge in [0.1, 0.15) is 18.9 Å². The smallest absolute Gasteiger partial charge is 0.234 e. The third-order valence-corrected chi connectivity index (χ3v) is 6.79. The van der Waals surface area contributed by atoms with E-state index in [1.807, 2.05) is 0 Å². The minimum absolute atomic E-state index is 0.996. The van der Waals surface area contributed by atoms with Gasteiger partial charge in [-0.15, -0.1) is 0 Å². The maximum atomic E-state index is 2.55. The molecular weight excluding hydrogens is 388 g/mol. The van der Waals surface area contributed by atoms with E-state index < -0.39 is 0 Å². The molecule has 1 aromatic carbocycles. The lowest BCUT2D eigenvalue weighted by Crippen LogP contribution is -2.37. The fraction of sp³-hybridized carbons (Fsp3) is 0.700. The number of unbranched alkanes of at least 4 members (excludes halogenated alkanes) is 14. The molecule has 2 aromatic rings. The highest BCUT2D eigenvalue weighted by molar-refractivity contribution is 5.15. The van der Waals surface area contributed by atoms with Crippen LogP contribution in [0.15, 0.2) is 42.7 Å². The van der Waals surface area contributed by atoms with Crippen LogP contribution in [-0.2, 0) is 19.5 Å². The van der Waals surface area contributed by atoms with Gasteiger partial charge < -0.3 is 0 Å². The average molecular weight is 440 g/mol. The van der Waals surface area contributed by atoms with Crippen LogP contribution in [0, 0.1) is 0 Å². The Labute approximate surface area is 199 Å². The number of benzene rings is 1. The minimum Gasteiger partial charge on any atom is -0.234 e. The molecule has 0 unspecified atom stereocenters. The van der Waals surface area contributed by atoms with Gasteiger partial charge in [0.2, 0.25) is 0 Å². The van der Waals surface area contributed by atoms with Gasteiger partial charge in [-0.2, -0.15) is 0 Å². The fourth-order valence-electron chi connectivity index (χ4n) is 4.75. The Kier molecular flexibility index (Phi) is 14.9. The Bertz CT molecular complexity index is 673. The highest BCUT2D eigenvalue weighted by Gasteiger charge is 2.17. The molecule has 0 N–H and O–H groups in total. The van der Waals surface area contributed by atoms with Gasteiger partial charge in [0.05, 0.1) is 6.54 Å². The summed E-state index contributed by atoms with van der Waals surface area (Å²) >= 11 is 0. The average Bonchev–Trinajstić information content (AvgIpc) is 3.19. The van der Waals surface area contributed by atoms with Crippen molar-refractivity contribution in [1.29, 1.82) is 0 Å². The zero-order valence-corrected chi connectivity index (χ0v) is 21.4. The van der Waals surface area contributed by atoms with Crippen molar-refractivity contribution in [2.45, 2.75) is 136 Å². The Morgan fingerprint density at radius 1 is 0.625 bits per heavy atom. The van der Waals surface area contributed by atoms with Gasteiger partial charge in [-0.1, -0.05) is 128 Å². The Morgan fingerprint density at radius 2 is 1.16 bits per heavy atom. The first-order valence-electron chi connectivity index (χ1n) is 14.0. The van der Waals surface area contributed by atoms with E-state index in [1.54, 1.807) is 0 Å². The molecule has 0 fully saturated rings. The van der Waals surface area contributed by atoms with E-state index in [0.717, 1.165) is 6.54 Å². The second kappa shape index (κ2) is 17.9. The molecule has 0 saturated heterocycles. The molecule has 0 saturated carbocycles. The third kappa shape index (κ3) is 11.3. The van der Waals surface area contributed by atoms with E-state index in [9.17, 15) is 0 Å². The van der Waals surface area contributed by atoms with Crippen LogP contribution in [0.4, 0.5) is 0 Å². The molecule has 1 aromatic heterocycles. The quantitative estimate of drug-likeness (QED) is 0.144. The summed E-state index contributed by atoms with van der Waals surface area (Å²) in [6, 6.07) is 10.9. The molecule has 0 aliphatic carbocycles. The maximum absolute atomic E-state index is 2.55. The molecule has 180 valence electrons. The van der Waals surface area contributed by atoms with Crippen LogP contribution in [0.5, 0.6) is 0 Å². The SMILES string of the molecule is CCCCCCCCCCCCC[n+]1ccn(Cc2ccccc2)c1CCCCCCC. The summed E-state index contributed by atoms with van der Waals surface area (Å²) in [5.74, 6) is 1.53. The Balaban J connectivity index is 1.73. The summed E-state index contributed by atoms with van der Waals surface area (Å²) in [6.07, 6.45) is 28.2. The number of hydrogen-bond acceptors (Lipinski definition) is 0. The standard InChI is InChI=1S/C30H51N2/c1-3-5-7-9-10-11-12-13-14-16-21-25-31-26-27-32(28-29-22-18-17-19-23-29)30(31)24-20-15-8-6-4-2/h17-19,22-23,26-27H,3-16,20-21,24-25,28H2,1-2H3/q+1. The normalized spacial score (nSPS) is 11.3. The van der Waals surface area contributed by atoms with Crippen molar-refractivity contribution in [3.63, 3.8) is 0 Å². The molecule has 0 bridgehead atoms.